The first-order valence-electron chi connectivity index (χ1n) is 16.5. The van der Waals surface area contributed by atoms with Crippen molar-refractivity contribution < 1.29 is 9.47 Å². The second-order valence-electron chi connectivity index (χ2n) is 12.4. The second-order valence-corrected chi connectivity index (χ2v) is 12.4. The van der Waals surface area contributed by atoms with Crippen LogP contribution in [0.5, 0.6) is 0 Å². The van der Waals surface area contributed by atoms with Gasteiger partial charge in [0.2, 0.25) is 0 Å². The van der Waals surface area contributed by atoms with Gasteiger partial charge in [0.1, 0.15) is 0 Å². The summed E-state index contributed by atoms with van der Waals surface area (Å²) in [6.45, 7) is 23.9. The van der Waals surface area contributed by atoms with Gasteiger partial charge in [-0.15, -0.1) is 0 Å². The summed E-state index contributed by atoms with van der Waals surface area (Å²) in [6, 6.07) is 6.95. The Morgan fingerprint density at radius 1 is 1.14 bits per heavy atom. The molecule has 43 heavy (non-hydrogen) atoms. The van der Waals surface area contributed by atoms with Gasteiger partial charge in [0.05, 0.1) is 23.4 Å². The maximum atomic E-state index is 7.14. The quantitative estimate of drug-likeness (QED) is 0.164. The fraction of sp³-hybridized carbons (Fsp3) is 0.500. The average molecular weight is 584 g/mol. The molecule has 2 heterocycles. The Balaban J connectivity index is 0.00000248. The maximum Gasteiger partial charge on any atom is 0.158 e. The molecule has 3 aliphatic rings. The summed E-state index contributed by atoms with van der Waals surface area (Å²) in [5, 5.41) is 0. The molecule has 1 aromatic carbocycles. The lowest BCUT2D eigenvalue weighted by Crippen LogP contribution is -2.65. The fourth-order valence-electron chi connectivity index (χ4n) is 6.92. The van der Waals surface area contributed by atoms with E-state index in [9.17, 15) is 0 Å². The van der Waals surface area contributed by atoms with Gasteiger partial charge in [-0.3, -0.25) is 0 Å². The van der Waals surface area contributed by atoms with E-state index in [1.54, 1.807) is 7.11 Å². The first kappa shape index (κ1) is 34.5. The lowest BCUT2D eigenvalue weighted by Gasteiger charge is -2.61. The molecule has 0 bridgehead atoms. The summed E-state index contributed by atoms with van der Waals surface area (Å²) in [5.74, 6) is 1.33. The molecular weight excluding hydrogens is 526 g/mol. The van der Waals surface area contributed by atoms with Crippen molar-refractivity contribution in [2.24, 2.45) is 5.92 Å². The first-order valence-corrected chi connectivity index (χ1v) is 16.5. The zero-order chi connectivity index (χ0) is 31.9. The van der Waals surface area contributed by atoms with E-state index in [4.69, 9.17) is 9.47 Å². The third-order valence-electron chi connectivity index (χ3n) is 8.99. The molecule has 0 aromatic heterocycles. The Bertz CT molecular complexity index is 1350. The molecule has 1 aliphatic carbocycles. The van der Waals surface area contributed by atoms with E-state index in [0.29, 0.717) is 5.92 Å². The summed E-state index contributed by atoms with van der Waals surface area (Å²) in [5.41, 5.74) is 8.06. The molecule has 4 unspecified atom stereocenters. The van der Waals surface area contributed by atoms with Crippen LogP contribution < -0.4 is 0 Å². The predicted molar refractivity (Wildman–Crippen MR) is 186 cm³/mol. The molecule has 0 fully saturated rings. The highest BCUT2D eigenvalue weighted by molar-refractivity contribution is 5.81. The third kappa shape index (κ3) is 6.58. The fourth-order valence-corrected chi connectivity index (χ4v) is 6.92. The zero-order valence-corrected chi connectivity index (χ0v) is 29.0. The molecule has 4 rings (SSSR count). The van der Waals surface area contributed by atoms with E-state index in [2.05, 4.69) is 140 Å². The lowest BCUT2D eigenvalue weighted by atomic mass is 9.66. The van der Waals surface area contributed by atoms with Gasteiger partial charge in [-0.1, -0.05) is 95.3 Å². The number of hydrogen-bond acceptors (Lipinski definition) is 3. The standard InChI is InChI=1S/C38H51NO2.C2H6/c1-11-13-22-37(8)38(9,41-29(7)24-28(6)40-10)33-20-16-18-27(5)36(33)35-25-32(30(17-12-2)23-26(3)4)31-19-14-15-21-34(31)39(35)37;1-2/h12-14,16-20,22-26,28,34H,11,15,21H2,1-10H3;1-2H3/b17-12-,22-13?,29-24-,30-23+;. The van der Waals surface area contributed by atoms with Crippen molar-refractivity contribution in [3.8, 4) is 0 Å². The van der Waals surface area contributed by atoms with Crippen molar-refractivity contribution in [3.63, 3.8) is 0 Å². The summed E-state index contributed by atoms with van der Waals surface area (Å²) >= 11 is 0. The highest BCUT2D eigenvalue weighted by Gasteiger charge is 2.58. The van der Waals surface area contributed by atoms with Crippen LogP contribution in [0.1, 0.15) is 105 Å². The highest BCUT2D eigenvalue weighted by Crippen LogP contribution is 2.57. The summed E-state index contributed by atoms with van der Waals surface area (Å²) in [6.07, 6.45) is 24.0. The van der Waals surface area contributed by atoms with Gasteiger partial charge in [0.15, 0.2) is 5.60 Å². The van der Waals surface area contributed by atoms with E-state index < -0.39 is 11.1 Å². The smallest absolute Gasteiger partial charge is 0.158 e. The molecule has 234 valence electrons. The summed E-state index contributed by atoms with van der Waals surface area (Å²) in [7, 11) is 1.74. The molecule has 0 saturated heterocycles. The molecule has 0 amide bonds. The predicted octanol–water partition coefficient (Wildman–Crippen LogP) is 10.8. The van der Waals surface area contributed by atoms with Crippen molar-refractivity contribution in [1.82, 2.24) is 4.90 Å². The second kappa shape index (κ2) is 14.6. The number of rotatable bonds is 9. The van der Waals surface area contributed by atoms with Crippen LogP contribution in [-0.4, -0.2) is 29.7 Å². The van der Waals surface area contributed by atoms with E-state index >= 15 is 0 Å². The third-order valence-corrected chi connectivity index (χ3v) is 8.99. The van der Waals surface area contributed by atoms with Crippen LogP contribution in [0.3, 0.4) is 0 Å². The van der Waals surface area contributed by atoms with Gasteiger partial charge in [0.25, 0.3) is 0 Å². The SMILES string of the molecule is C/C=C\C(=C/C(C)C)C1=C2C=CCCC2N2C(=C1)c1c(C)cccc1C(C)(O/C(C)=C\C(C)OC)C2(C)C=CCC.CC. The van der Waals surface area contributed by atoms with Crippen LogP contribution in [0.25, 0.3) is 5.70 Å². The van der Waals surface area contributed by atoms with Crippen molar-refractivity contribution in [2.75, 3.05) is 7.11 Å². The number of methoxy groups -OCH3 is 1. The molecule has 3 nitrogen and oxygen atoms in total. The van der Waals surface area contributed by atoms with Gasteiger partial charge in [0, 0.05) is 23.9 Å². The maximum absolute atomic E-state index is 7.14. The molecule has 4 atom stereocenters. The lowest BCUT2D eigenvalue weighted by molar-refractivity contribution is -0.0919. The van der Waals surface area contributed by atoms with Crippen molar-refractivity contribution >= 4 is 5.70 Å². The van der Waals surface area contributed by atoms with Crippen LogP contribution in [0.15, 0.2) is 95.4 Å². The molecule has 3 heteroatoms. The van der Waals surface area contributed by atoms with E-state index in [1.807, 2.05) is 13.8 Å². The summed E-state index contributed by atoms with van der Waals surface area (Å²) < 4.78 is 12.7. The Hall–Kier alpha value is -3.04. The summed E-state index contributed by atoms with van der Waals surface area (Å²) in [4.78, 5) is 2.70. The van der Waals surface area contributed by atoms with Crippen LogP contribution in [0.2, 0.25) is 0 Å². The number of aryl methyl sites for hydroxylation is 1. The molecule has 1 aromatic rings. The molecule has 0 N–H and O–H groups in total. The van der Waals surface area contributed by atoms with Gasteiger partial charge in [-0.25, -0.2) is 0 Å². The number of hydrogen-bond donors (Lipinski definition) is 0. The molecular formula is C40H57NO2. The molecule has 2 aliphatic heterocycles. The Morgan fingerprint density at radius 3 is 2.49 bits per heavy atom. The van der Waals surface area contributed by atoms with Crippen LogP contribution >= 0.6 is 0 Å². The average Bonchev–Trinajstić information content (AvgIpc) is 2.98. The van der Waals surface area contributed by atoms with E-state index in [0.717, 1.165) is 25.0 Å². The van der Waals surface area contributed by atoms with Crippen molar-refractivity contribution in [3.05, 3.63) is 112 Å². The highest BCUT2D eigenvalue weighted by atomic mass is 16.5. The monoisotopic (exact) mass is 583 g/mol. The number of fused-ring (bicyclic) bond motifs is 5. The topological polar surface area (TPSA) is 21.7 Å². The molecule has 0 spiro atoms. The van der Waals surface area contributed by atoms with Gasteiger partial charge < -0.3 is 14.4 Å². The molecule has 0 saturated carbocycles. The van der Waals surface area contributed by atoms with Gasteiger partial charge in [-0.05, 0) is 101 Å². The van der Waals surface area contributed by atoms with Gasteiger partial charge in [-0.2, -0.15) is 0 Å². The van der Waals surface area contributed by atoms with Crippen LogP contribution in [-0.2, 0) is 15.1 Å². The van der Waals surface area contributed by atoms with Crippen LogP contribution in [0.4, 0.5) is 0 Å². The number of ether oxygens (including phenoxy) is 2. The largest absolute Gasteiger partial charge is 0.485 e. The number of allylic oxidation sites excluding steroid dienone is 9. The van der Waals surface area contributed by atoms with Crippen molar-refractivity contribution in [2.45, 2.75) is 119 Å². The number of nitrogens with zero attached hydrogens (tertiary/aromatic N) is 1. The first-order chi connectivity index (χ1) is 20.5. The van der Waals surface area contributed by atoms with Crippen LogP contribution in [0, 0.1) is 12.8 Å². The minimum atomic E-state index is -0.644. The Morgan fingerprint density at radius 2 is 1.86 bits per heavy atom. The zero-order valence-electron chi connectivity index (χ0n) is 29.0. The molecule has 0 radical (unpaired) electrons. The number of benzene rings is 1. The Labute approximate surface area is 263 Å². The van der Waals surface area contributed by atoms with Crippen molar-refractivity contribution in [1.29, 1.82) is 0 Å². The van der Waals surface area contributed by atoms with E-state index in [-0.39, 0.29) is 12.1 Å². The van der Waals surface area contributed by atoms with Gasteiger partial charge >= 0.3 is 0 Å². The minimum absolute atomic E-state index is 0.0274. The minimum Gasteiger partial charge on any atom is -0.485 e. The normalized spacial score (nSPS) is 26.2. The Kier molecular flexibility index (Phi) is 11.7. The van der Waals surface area contributed by atoms with E-state index in [1.165, 1.54) is 39.1 Å².